The predicted molar refractivity (Wildman–Crippen MR) is 107 cm³/mol. The lowest BCUT2D eigenvalue weighted by Gasteiger charge is -2.47. The quantitative estimate of drug-likeness (QED) is 0.731. The molecule has 2 aliphatic heterocycles. The van der Waals surface area contributed by atoms with Gasteiger partial charge in [-0.25, -0.2) is 0 Å². The molecule has 0 N–H and O–H groups in total. The van der Waals surface area contributed by atoms with Gasteiger partial charge in [0.2, 0.25) is 0 Å². The van der Waals surface area contributed by atoms with E-state index in [1.54, 1.807) is 0 Å². The summed E-state index contributed by atoms with van der Waals surface area (Å²) in [5.41, 5.74) is 4.45. The van der Waals surface area contributed by atoms with Gasteiger partial charge in [0.05, 0.1) is 12.1 Å². The van der Waals surface area contributed by atoms with E-state index in [-0.39, 0.29) is 5.54 Å². The largest absolute Gasteiger partial charge is 0.494 e. The number of hydrogen-bond donors (Lipinski definition) is 0. The average Bonchev–Trinajstić information content (AvgIpc) is 2.95. The molecule has 0 bridgehead atoms. The van der Waals surface area contributed by atoms with Crippen molar-refractivity contribution in [2.75, 3.05) is 33.3 Å². The second kappa shape index (κ2) is 7.42. The second-order valence-electron chi connectivity index (χ2n) is 7.87. The van der Waals surface area contributed by atoms with Gasteiger partial charge in [0.25, 0.3) is 0 Å². The Morgan fingerprint density at radius 1 is 1.08 bits per heavy atom. The van der Waals surface area contributed by atoms with Crippen LogP contribution in [0.15, 0.2) is 48.5 Å². The number of benzene rings is 2. The molecule has 2 aliphatic rings. The number of nitrogens with zero attached hydrogens (tertiary/aromatic N) is 2. The van der Waals surface area contributed by atoms with Gasteiger partial charge in [-0.3, -0.25) is 4.90 Å². The zero-order valence-electron chi connectivity index (χ0n) is 16.1. The molecule has 0 radical (unpaired) electrons. The van der Waals surface area contributed by atoms with E-state index in [1.807, 2.05) is 0 Å². The zero-order chi connectivity index (χ0) is 18.0. The lowest BCUT2D eigenvalue weighted by atomic mass is 9.82. The van der Waals surface area contributed by atoms with Crippen LogP contribution in [0.2, 0.25) is 0 Å². The van der Waals surface area contributed by atoms with Gasteiger partial charge in [-0.1, -0.05) is 49.7 Å². The number of rotatable bonds is 6. The molecule has 2 heterocycles. The number of unbranched alkanes of at least 4 members (excludes halogenated alkanes) is 1. The van der Waals surface area contributed by atoms with Crippen LogP contribution in [0.3, 0.4) is 0 Å². The highest BCUT2D eigenvalue weighted by Crippen LogP contribution is 2.44. The molecule has 1 fully saturated rings. The van der Waals surface area contributed by atoms with E-state index in [2.05, 4.69) is 72.3 Å². The van der Waals surface area contributed by atoms with Crippen LogP contribution in [0.25, 0.3) is 0 Å². The molecule has 1 unspecified atom stereocenters. The lowest BCUT2D eigenvalue weighted by Crippen LogP contribution is -2.57. The SMILES string of the molecule is CCCCOc1ccc2c(c1)CN1CCN(C)CC21Cc1ccccc1. The van der Waals surface area contributed by atoms with Crippen LogP contribution in [-0.4, -0.2) is 43.1 Å². The van der Waals surface area contributed by atoms with E-state index >= 15 is 0 Å². The maximum atomic E-state index is 5.97. The first-order chi connectivity index (χ1) is 12.7. The summed E-state index contributed by atoms with van der Waals surface area (Å²) in [5, 5.41) is 0. The Hall–Kier alpha value is -1.84. The Bertz CT molecular complexity index is 745. The summed E-state index contributed by atoms with van der Waals surface area (Å²) in [6, 6.07) is 17.7. The number of likely N-dealkylation sites (N-methyl/N-ethyl adjacent to an activating group) is 1. The van der Waals surface area contributed by atoms with Gasteiger partial charge in [0.1, 0.15) is 5.75 Å². The summed E-state index contributed by atoms with van der Waals surface area (Å²) in [7, 11) is 2.25. The monoisotopic (exact) mass is 350 g/mol. The summed E-state index contributed by atoms with van der Waals surface area (Å²) < 4.78 is 5.97. The molecule has 1 saturated heterocycles. The van der Waals surface area contributed by atoms with Crippen molar-refractivity contribution in [2.45, 2.75) is 38.3 Å². The van der Waals surface area contributed by atoms with Crippen LogP contribution in [0.1, 0.15) is 36.5 Å². The molecule has 0 amide bonds. The summed E-state index contributed by atoms with van der Waals surface area (Å²) in [4.78, 5) is 5.18. The van der Waals surface area contributed by atoms with Crippen molar-refractivity contribution in [1.29, 1.82) is 0 Å². The fourth-order valence-electron chi connectivity index (χ4n) is 4.60. The van der Waals surface area contributed by atoms with Crippen LogP contribution in [0.5, 0.6) is 5.75 Å². The first-order valence-electron chi connectivity index (χ1n) is 9.95. The van der Waals surface area contributed by atoms with Gasteiger partial charge in [-0.2, -0.15) is 0 Å². The summed E-state index contributed by atoms with van der Waals surface area (Å²) in [6.45, 7) is 7.42. The van der Waals surface area contributed by atoms with Crippen molar-refractivity contribution in [2.24, 2.45) is 0 Å². The van der Waals surface area contributed by atoms with Gasteiger partial charge in [0, 0.05) is 26.2 Å². The topological polar surface area (TPSA) is 15.7 Å². The summed E-state index contributed by atoms with van der Waals surface area (Å²) in [6.07, 6.45) is 3.36. The van der Waals surface area contributed by atoms with E-state index in [4.69, 9.17) is 4.74 Å². The van der Waals surface area contributed by atoms with Crippen molar-refractivity contribution >= 4 is 0 Å². The fourth-order valence-corrected chi connectivity index (χ4v) is 4.60. The Morgan fingerprint density at radius 2 is 1.92 bits per heavy atom. The molecule has 2 aromatic rings. The van der Waals surface area contributed by atoms with E-state index in [1.165, 1.54) is 23.1 Å². The first-order valence-corrected chi connectivity index (χ1v) is 9.95. The zero-order valence-corrected chi connectivity index (χ0v) is 16.1. The van der Waals surface area contributed by atoms with E-state index in [9.17, 15) is 0 Å². The fraction of sp³-hybridized carbons (Fsp3) is 0.478. The predicted octanol–water partition coefficient (Wildman–Crippen LogP) is 4.06. The van der Waals surface area contributed by atoms with E-state index < -0.39 is 0 Å². The summed E-state index contributed by atoms with van der Waals surface area (Å²) >= 11 is 0. The Kier molecular flexibility index (Phi) is 5.01. The van der Waals surface area contributed by atoms with Crippen molar-refractivity contribution in [3.05, 3.63) is 65.2 Å². The Labute approximate surface area is 157 Å². The first kappa shape index (κ1) is 17.6. The van der Waals surface area contributed by atoms with Crippen LogP contribution in [-0.2, 0) is 18.5 Å². The van der Waals surface area contributed by atoms with Gasteiger partial charge in [-0.15, -0.1) is 0 Å². The third-order valence-electron chi connectivity index (χ3n) is 5.93. The molecule has 4 rings (SSSR count). The minimum Gasteiger partial charge on any atom is -0.494 e. The van der Waals surface area contributed by atoms with Gasteiger partial charge >= 0.3 is 0 Å². The molecule has 26 heavy (non-hydrogen) atoms. The Balaban J connectivity index is 1.66. The van der Waals surface area contributed by atoms with Gasteiger partial charge in [-0.05, 0) is 48.7 Å². The second-order valence-corrected chi connectivity index (χ2v) is 7.87. The smallest absolute Gasteiger partial charge is 0.119 e. The van der Waals surface area contributed by atoms with Crippen LogP contribution in [0.4, 0.5) is 0 Å². The number of fused-ring (bicyclic) bond motifs is 3. The number of ether oxygens (including phenoxy) is 1. The highest BCUT2D eigenvalue weighted by Gasteiger charge is 2.47. The molecule has 1 atom stereocenters. The molecule has 0 saturated carbocycles. The minimum atomic E-state index is 0.0889. The molecule has 3 nitrogen and oxygen atoms in total. The van der Waals surface area contributed by atoms with Gasteiger partial charge < -0.3 is 9.64 Å². The molecule has 3 heteroatoms. The molecule has 138 valence electrons. The minimum absolute atomic E-state index is 0.0889. The molecular formula is C23H30N2O. The third-order valence-corrected chi connectivity index (χ3v) is 5.93. The maximum absolute atomic E-state index is 5.97. The van der Waals surface area contributed by atoms with E-state index in [0.717, 1.165) is 51.4 Å². The van der Waals surface area contributed by atoms with Crippen LogP contribution >= 0.6 is 0 Å². The molecule has 0 spiro atoms. The van der Waals surface area contributed by atoms with Crippen molar-refractivity contribution in [3.8, 4) is 5.75 Å². The number of hydrogen-bond acceptors (Lipinski definition) is 3. The third kappa shape index (κ3) is 3.26. The van der Waals surface area contributed by atoms with Crippen LogP contribution in [0, 0.1) is 0 Å². The van der Waals surface area contributed by atoms with Crippen molar-refractivity contribution < 1.29 is 4.74 Å². The van der Waals surface area contributed by atoms with Gasteiger partial charge in [0.15, 0.2) is 0 Å². The standard InChI is InChI=1S/C23H30N2O/c1-3-4-14-26-21-10-11-22-20(15-21)17-25-13-12-24(2)18-23(22,25)16-19-8-6-5-7-9-19/h5-11,15H,3-4,12-14,16-18H2,1-2H3. The molecule has 0 aromatic heterocycles. The highest BCUT2D eigenvalue weighted by atomic mass is 16.5. The Morgan fingerprint density at radius 3 is 2.73 bits per heavy atom. The van der Waals surface area contributed by atoms with Crippen molar-refractivity contribution in [1.82, 2.24) is 9.80 Å². The highest BCUT2D eigenvalue weighted by molar-refractivity contribution is 5.45. The molecule has 2 aromatic carbocycles. The molecule has 0 aliphatic carbocycles. The van der Waals surface area contributed by atoms with E-state index in [0.29, 0.717) is 0 Å². The lowest BCUT2D eigenvalue weighted by molar-refractivity contribution is 0.0143. The summed E-state index contributed by atoms with van der Waals surface area (Å²) in [5.74, 6) is 1.03. The number of piperazine rings is 1. The normalized spacial score (nSPS) is 22.8. The molecular weight excluding hydrogens is 320 g/mol. The van der Waals surface area contributed by atoms with Crippen LogP contribution < -0.4 is 4.74 Å². The maximum Gasteiger partial charge on any atom is 0.119 e. The average molecular weight is 351 g/mol. The van der Waals surface area contributed by atoms with Crippen molar-refractivity contribution in [3.63, 3.8) is 0 Å².